The summed E-state index contributed by atoms with van der Waals surface area (Å²) >= 11 is 0. The Morgan fingerprint density at radius 3 is 2.50 bits per heavy atom. The molecule has 1 saturated heterocycles. The third kappa shape index (κ3) is 3.33. The Labute approximate surface area is 123 Å². The molecule has 0 spiro atoms. The first-order chi connectivity index (χ1) is 9.67. The minimum absolute atomic E-state index is 0.372. The summed E-state index contributed by atoms with van der Waals surface area (Å²) in [4.78, 5) is 4.77. The van der Waals surface area contributed by atoms with E-state index in [9.17, 15) is 0 Å². The minimum Gasteiger partial charge on any atom is -0.378 e. The van der Waals surface area contributed by atoms with E-state index in [-0.39, 0.29) is 0 Å². The highest BCUT2D eigenvalue weighted by atomic mass is 15.2. The summed E-state index contributed by atoms with van der Waals surface area (Å²) in [6.07, 6.45) is 5.23. The van der Waals surface area contributed by atoms with E-state index >= 15 is 0 Å². The normalized spacial score (nSPS) is 21.7. The lowest BCUT2D eigenvalue weighted by atomic mass is 9.94. The van der Waals surface area contributed by atoms with Crippen LogP contribution in [0.2, 0.25) is 0 Å². The molecule has 1 aliphatic heterocycles. The first-order valence-electron chi connectivity index (χ1n) is 7.90. The van der Waals surface area contributed by atoms with E-state index in [0.29, 0.717) is 18.6 Å². The van der Waals surface area contributed by atoms with Crippen LogP contribution in [0.15, 0.2) is 24.3 Å². The van der Waals surface area contributed by atoms with Gasteiger partial charge in [-0.2, -0.15) is 0 Å². The number of anilines is 1. The fraction of sp³-hybridized carbons (Fsp3) is 0.647. The average molecular weight is 275 g/mol. The van der Waals surface area contributed by atoms with Crippen molar-refractivity contribution in [3.8, 4) is 0 Å². The zero-order valence-corrected chi connectivity index (χ0v) is 13.2. The third-order valence-electron chi connectivity index (χ3n) is 4.56. The lowest BCUT2D eigenvalue weighted by molar-refractivity contribution is 0.0949. The van der Waals surface area contributed by atoms with Crippen LogP contribution in [-0.2, 0) is 0 Å². The monoisotopic (exact) mass is 275 g/mol. The summed E-state index contributed by atoms with van der Waals surface area (Å²) < 4.78 is 0. The molecule has 2 rings (SSSR count). The van der Waals surface area contributed by atoms with Crippen molar-refractivity contribution in [1.82, 2.24) is 4.90 Å². The van der Waals surface area contributed by atoms with Crippen LogP contribution >= 0.6 is 0 Å². The van der Waals surface area contributed by atoms with Gasteiger partial charge in [0.2, 0.25) is 0 Å². The lowest BCUT2D eigenvalue weighted by Gasteiger charge is -2.41. The molecular weight excluding hydrogens is 246 g/mol. The van der Waals surface area contributed by atoms with Crippen LogP contribution in [0.5, 0.6) is 0 Å². The fourth-order valence-corrected chi connectivity index (χ4v) is 3.33. The summed E-state index contributed by atoms with van der Waals surface area (Å²) in [5.41, 5.74) is 8.70. The molecule has 0 aromatic heterocycles. The van der Waals surface area contributed by atoms with Gasteiger partial charge < -0.3 is 10.6 Å². The van der Waals surface area contributed by atoms with E-state index in [1.54, 1.807) is 0 Å². The first-order valence-corrected chi connectivity index (χ1v) is 7.90. The van der Waals surface area contributed by atoms with Gasteiger partial charge in [0.1, 0.15) is 0 Å². The van der Waals surface area contributed by atoms with Gasteiger partial charge in [-0.1, -0.05) is 25.5 Å². The molecular formula is C17H29N3. The summed E-state index contributed by atoms with van der Waals surface area (Å²) in [5, 5.41) is 0. The van der Waals surface area contributed by atoms with Crippen LogP contribution in [0, 0.1) is 0 Å². The SMILES string of the molecule is CCC1CCCCN1C(CN)c1ccc(N(C)C)cc1. The number of rotatable bonds is 5. The highest BCUT2D eigenvalue weighted by Gasteiger charge is 2.27. The molecule has 1 fully saturated rings. The molecule has 1 heterocycles. The second-order valence-corrected chi connectivity index (χ2v) is 6.03. The van der Waals surface area contributed by atoms with Crippen LogP contribution in [-0.4, -0.2) is 38.1 Å². The van der Waals surface area contributed by atoms with E-state index < -0.39 is 0 Å². The zero-order chi connectivity index (χ0) is 14.5. The summed E-state index contributed by atoms with van der Waals surface area (Å²) in [6, 6.07) is 9.95. The van der Waals surface area contributed by atoms with Crippen molar-refractivity contribution >= 4 is 5.69 Å². The van der Waals surface area contributed by atoms with Crippen molar-refractivity contribution in [3.63, 3.8) is 0 Å². The van der Waals surface area contributed by atoms with Crippen molar-refractivity contribution in [1.29, 1.82) is 0 Å². The molecule has 2 N–H and O–H groups in total. The molecule has 2 unspecified atom stereocenters. The topological polar surface area (TPSA) is 32.5 Å². The zero-order valence-electron chi connectivity index (χ0n) is 13.2. The Hall–Kier alpha value is -1.06. The number of hydrogen-bond donors (Lipinski definition) is 1. The molecule has 2 atom stereocenters. The van der Waals surface area contributed by atoms with E-state index in [4.69, 9.17) is 5.73 Å². The number of hydrogen-bond acceptors (Lipinski definition) is 3. The highest BCUT2D eigenvalue weighted by Crippen LogP contribution is 2.30. The van der Waals surface area contributed by atoms with Crippen LogP contribution in [0.25, 0.3) is 0 Å². The molecule has 3 nitrogen and oxygen atoms in total. The largest absolute Gasteiger partial charge is 0.378 e. The Balaban J connectivity index is 2.17. The van der Waals surface area contributed by atoms with Crippen LogP contribution in [0.1, 0.15) is 44.2 Å². The van der Waals surface area contributed by atoms with Crippen LogP contribution < -0.4 is 10.6 Å². The highest BCUT2D eigenvalue weighted by molar-refractivity contribution is 5.46. The smallest absolute Gasteiger partial charge is 0.0473 e. The quantitative estimate of drug-likeness (QED) is 0.896. The molecule has 20 heavy (non-hydrogen) atoms. The number of benzene rings is 1. The average Bonchev–Trinajstić information content (AvgIpc) is 2.49. The van der Waals surface area contributed by atoms with E-state index in [2.05, 4.69) is 55.1 Å². The van der Waals surface area contributed by atoms with Gasteiger partial charge in [-0.25, -0.2) is 0 Å². The molecule has 0 radical (unpaired) electrons. The molecule has 0 amide bonds. The number of likely N-dealkylation sites (tertiary alicyclic amines) is 1. The van der Waals surface area contributed by atoms with Crippen LogP contribution in [0.4, 0.5) is 5.69 Å². The third-order valence-corrected chi connectivity index (χ3v) is 4.56. The maximum atomic E-state index is 6.10. The maximum Gasteiger partial charge on any atom is 0.0473 e. The predicted molar refractivity (Wildman–Crippen MR) is 87.2 cm³/mol. The van der Waals surface area contributed by atoms with Gasteiger partial charge in [0.15, 0.2) is 0 Å². The van der Waals surface area contributed by atoms with Crippen molar-refractivity contribution in [3.05, 3.63) is 29.8 Å². The second kappa shape index (κ2) is 7.09. The summed E-state index contributed by atoms with van der Waals surface area (Å²) in [7, 11) is 4.15. The summed E-state index contributed by atoms with van der Waals surface area (Å²) in [5.74, 6) is 0. The minimum atomic E-state index is 0.372. The molecule has 0 bridgehead atoms. The van der Waals surface area contributed by atoms with Crippen molar-refractivity contribution < 1.29 is 0 Å². The van der Waals surface area contributed by atoms with Crippen molar-refractivity contribution in [2.75, 3.05) is 32.1 Å². The second-order valence-electron chi connectivity index (χ2n) is 6.03. The first kappa shape index (κ1) is 15.3. The Bertz CT molecular complexity index is 399. The van der Waals surface area contributed by atoms with Gasteiger partial charge in [-0.3, -0.25) is 4.90 Å². The van der Waals surface area contributed by atoms with Gasteiger partial charge in [0, 0.05) is 38.4 Å². The maximum absolute atomic E-state index is 6.10. The Morgan fingerprint density at radius 2 is 1.95 bits per heavy atom. The molecule has 0 saturated carbocycles. The number of nitrogens with zero attached hydrogens (tertiary/aromatic N) is 2. The van der Waals surface area contributed by atoms with E-state index in [1.807, 2.05) is 0 Å². The molecule has 3 heteroatoms. The molecule has 1 aromatic rings. The van der Waals surface area contributed by atoms with Gasteiger partial charge in [-0.05, 0) is 43.5 Å². The van der Waals surface area contributed by atoms with Gasteiger partial charge in [0.25, 0.3) is 0 Å². The van der Waals surface area contributed by atoms with E-state index in [0.717, 1.165) is 0 Å². The number of piperidine rings is 1. The standard InChI is InChI=1S/C17H29N3/c1-4-15-7-5-6-12-20(15)17(13-18)14-8-10-16(11-9-14)19(2)3/h8-11,15,17H,4-7,12-13,18H2,1-3H3. The predicted octanol–water partition coefficient (Wildman–Crippen LogP) is 3.02. The Kier molecular flexibility index (Phi) is 5.44. The van der Waals surface area contributed by atoms with Crippen molar-refractivity contribution in [2.45, 2.75) is 44.7 Å². The fourth-order valence-electron chi connectivity index (χ4n) is 3.33. The van der Waals surface area contributed by atoms with Gasteiger partial charge in [-0.15, -0.1) is 0 Å². The van der Waals surface area contributed by atoms with Crippen molar-refractivity contribution in [2.24, 2.45) is 5.73 Å². The van der Waals surface area contributed by atoms with Crippen LogP contribution in [0.3, 0.4) is 0 Å². The molecule has 0 aliphatic carbocycles. The molecule has 1 aliphatic rings. The molecule has 112 valence electrons. The Morgan fingerprint density at radius 1 is 1.25 bits per heavy atom. The van der Waals surface area contributed by atoms with Gasteiger partial charge >= 0.3 is 0 Å². The van der Waals surface area contributed by atoms with Gasteiger partial charge in [0.05, 0.1) is 0 Å². The van der Waals surface area contributed by atoms with E-state index in [1.165, 1.54) is 43.5 Å². The summed E-state index contributed by atoms with van der Waals surface area (Å²) in [6.45, 7) is 4.19. The molecule has 1 aromatic carbocycles. The number of nitrogens with two attached hydrogens (primary N) is 1. The lowest BCUT2D eigenvalue weighted by Crippen LogP contribution is -2.44.